The van der Waals surface area contributed by atoms with Gasteiger partial charge in [-0.05, 0) is 30.9 Å². The number of aromatic nitrogens is 4. The summed E-state index contributed by atoms with van der Waals surface area (Å²) in [6.45, 7) is 0.739. The standard InChI is InChI=1S/C24H20F5N5O/c1-33-22-16(20(32-33)15-11-17(24(27,28)29)19(26)21(35)18(15)25)12-30-23(31-22)34-9-5-8-14(34)10-13-6-3-2-4-7-13/h2-4,6-7,11-12,14,35H,5,8-10H2,1H3/t14-/m0/s1. The molecule has 11 heteroatoms. The molecule has 182 valence electrons. The third kappa shape index (κ3) is 4.04. The molecule has 0 saturated carbocycles. The number of aromatic hydroxyl groups is 1. The first-order valence-corrected chi connectivity index (χ1v) is 10.9. The summed E-state index contributed by atoms with van der Waals surface area (Å²) in [6, 6.07) is 10.5. The van der Waals surface area contributed by atoms with Crippen LogP contribution >= 0.6 is 0 Å². The molecule has 0 amide bonds. The molecule has 2 aromatic heterocycles. The summed E-state index contributed by atoms with van der Waals surface area (Å²) in [7, 11) is 1.51. The highest BCUT2D eigenvalue weighted by Gasteiger charge is 2.38. The summed E-state index contributed by atoms with van der Waals surface area (Å²) in [4.78, 5) is 11.0. The van der Waals surface area contributed by atoms with E-state index >= 15 is 0 Å². The van der Waals surface area contributed by atoms with E-state index in [4.69, 9.17) is 0 Å². The molecule has 1 fully saturated rings. The lowest BCUT2D eigenvalue weighted by molar-refractivity contribution is -0.140. The highest BCUT2D eigenvalue weighted by atomic mass is 19.4. The summed E-state index contributed by atoms with van der Waals surface area (Å²) in [5.41, 5.74) is -1.26. The Morgan fingerprint density at radius 2 is 1.86 bits per heavy atom. The van der Waals surface area contributed by atoms with Crippen LogP contribution in [0.4, 0.5) is 27.9 Å². The van der Waals surface area contributed by atoms with Crippen molar-refractivity contribution >= 4 is 17.0 Å². The van der Waals surface area contributed by atoms with Crippen LogP contribution in [0.1, 0.15) is 24.0 Å². The molecule has 4 aromatic rings. The highest BCUT2D eigenvalue weighted by molar-refractivity contribution is 5.91. The van der Waals surface area contributed by atoms with Gasteiger partial charge in [0.05, 0.1) is 10.9 Å². The summed E-state index contributed by atoms with van der Waals surface area (Å²) in [5, 5.41) is 14.0. The van der Waals surface area contributed by atoms with Crippen molar-refractivity contribution in [2.45, 2.75) is 31.5 Å². The Kier molecular flexibility index (Phi) is 5.57. The number of benzene rings is 2. The van der Waals surface area contributed by atoms with E-state index in [1.165, 1.54) is 23.5 Å². The van der Waals surface area contributed by atoms with Gasteiger partial charge in [0, 0.05) is 31.4 Å². The average molecular weight is 489 g/mol. The zero-order valence-corrected chi connectivity index (χ0v) is 18.5. The average Bonchev–Trinajstić information content (AvgIpc) is 3.41. The lowest BCUT2D eigenvalue weighted by atomic mass is 10.0. The van der Waals surface area contributed by atoms with Gasteiger partial charge in [0.25, 0.3) is 0 Å². The van der Waals surface area contributed by atoms with Gasteiger partial charge in [-0.2, -0.15) is 23.3 Å². The maximum absolute atomic E-state index is 14.7. The molecule has 1 aliphatic heterocycles. The largest absolute Gasteiger partial charge is 0.503 e. The third-order valence-electron chi connectivity index (χ3n) is 6.25. The zero-order valence-electron chi connectivity index (χ0n) is 18.5. The summed E-state index contributed by atoms with van der Waals surface area (Å²) < 4.78 is 69.7. The molecule has 0 unspecified atom stereocenters. The Balaban J connectivity index is 1.55. The number of phenolic OH excluding ortho intramolecular Hbond substituents is 1. The number of phenols is 1. The van der Waals surface area contributed by atoms with Crippen LogP contribution in [0.3, 0.4) is 0 Å². The minimum atomic E-state index is -5.14. The Hall–Kier alpha value is -3.76. The van der Waals surface area contributed by atoms with E-state index in [-0.39, 0.29) is 22.8 Å². The van der Waals surface area contributed by atoms with Crippen molar-refractivity contribution in [2.75, 3.05) is 11.4 Å². The Bertz CT molecular complexity index is 1400. The number of hydrogen-bond acceptors (Lipinski definition) is 5. The second-order valence-corrected chi connectivity index (χ2v) is 8.50. The number of rotatable bonds is 4. The van der Waals surface area contributed by atoms with Crippen LogP contribution in [-0.2, 0) is 19.6 Å². The van der Waals surface area contributed by atoms with Gasteiger partial charge in [-0.1, -0.05) is 30.3 Å². The predicted molar refractivity (Wildman–Crippen MR) is 119 cm³/mol. The summed E-state index contributed by atoms with van der Waals surface area (Å²) >= 11 is 0. The lowest BCUT2D eigenvalue weighted by Crippen LogP contribution is -2.32. The van der Waals surface area contributed by atoms with Gasteiger partial charge < -0.3 is 10.0 Å². The minimum Gasteiger partial charge on any atom is -0.503 e. The normalized spacial score (nSPS) is 16.4. The Morgan fingerprint density at radius 3 is 2.57 bits per heavy atom. The van der Waals surface area contributed by atoms with Gasteiger partial charge >= 0.3 is 6.18 Å². The number of nitrogens with zero attached hydrogens (tertiary/aromatic N) is 5. The van der Waals surface area contributed by atoms with Crippen molar-refractivity contribution in [1.82, 2.24) is 19.7 Å². The van der Waals surface area contributed by atoms with Crippen molar-refractivity contribution in [3.8, 4) is 17.0 Å². The van der Waals surface area contributed by atoms with E-state index in [1.54, 1.807) is 0 Å². The molecule has 35 heavy (non-hydrogen) atoms. The molecular formula is C24H20F5N5O. The molecule has 2 aromatic carbocycles. The van der Waals surface area contributed by atoms with Gasteiger partial charge in [0.2, 0.25) is 5.95 Å². The van der Waals surface area contributed by atoms with E-state index in [9.17, 15) is 27.1 Å². The van der Waals surface area contributed by atoms with Crippen molar-refractivity contribution in [3.05, 3.63) is 65.4 Å². The van der Waals surface area contributed by atoms with Gasteiger partial charge in [-0.15, -0.1) is 0 Å². The first-order chi connectivity index (χ1) is 16.6. The molecule has 0 aliphatic carbocycles. The smallest absolute Gasteiger partial charge is 0.419 e. The maximum atomic E-state index is 14.7. The van der Waals surface area contributed by atoms with E-state index in [0.717, 1.165) is 25.8 Å². The quantitative estimate of drug-likeness (QED) is 0.397. The molecule has 0 radical (unpaired) electrons. The van der Waals surface area contributed by atoms with Crippen LogP contribution in [0.15, 0.2) is 42.6 Å². The first kappa shape index (κ1) is 23.0. The first-order valence-electron chi connectivity index (χ1n) is 10.9. The zero-order chi connectivity index (χ0) is 24.9. The number of alkyl halides is 3. The van der Waals surface area contributed by atoms with Crippen LogP contribution in [0.25, 0.3) is 22.3 Å². The van der Waals surface area contributed by atoms with E-state index in [0.29, 0.717) is 12.0 Å². The molecular weight excluding hydrogens is 469 g/mol. The number of hydrogen-bond donors (Lipinski definition) is 1. The molecule has 1 saturated heterocycles. The monoisotopic (exact) mass is 489 g/mol. The lowest BCUT2D eigenvalue weighted by Gasteiger charge is -2.24. The molecule has 3 heterocycles. The molecule has 1 N–H and O–H groups in total. The fourth-order valence-electron chi connectivity index (χ4n) is 4.56. The fourth-order valence-corrected chi connectivity index (χ4v) is 4.56. The van der Waals surface area contributed by atoms with Crippen molar-refractivity contribution in [1.29, 1.82) is 0 Å². The van der Waals surface area contributed by atoms with Crippen LogP contribution in [0.5, 0.6) is 5.75 Å². The predicted octanol–water partition coefficient (Wildman–Crippen LogP) is 5.24. The molecule has 0 spiro atoms. The van der Waals surface area contributed by atoms with Gasteiger partial charge in [-0.3, -0.25) is 0 Å². The van der Waals surface area contributed by atoms with E-state index in [2.05, 4.69) is 32.1 Å². The van der Waals surface area contributed by atoms with Crippen molar-refractivity contribution < 1.29 is 27.1 Å². The summed E-state index contributed by atoms with van der Waals surface area (Å²) in [6.07, 6.45) is -1.06. The van der Waals surface area contributed by atoms with Crippen LogP contribution in [0, 0.1) is 11.6 Å². The minimum absolute atomic E-state index is 0.170. The third-order valence-corrected chi connectivity index (χ3v) is 6.25. The number of anilines is 1. The van der Waals surface area contributed by atoms with Crippen molar-refractivity contribution in [2.24, 2.45) is 7.05 Å². The van der Waals surface area contributed by atoms with Gasteiger partial charge in [0.1, 0.15) is 5.69 Å². The Labute approximate surface area is 196 Å². The van der Waals surface area contributed by atoms with Gasteiger partial charge in [-0.25, -0.2) is 18.4 Å². The Morgan fingerprint density at radius 1 is 1.11 bits per heavy atom. The van der Waals surface area contributed by atoms with E-state index < -0.39 is 34.7 Å². The topological polar surface area (TPSA) is 67.1 Å². The molecule has 1 atom stereocenters. The van der Waals surface area contributed by atoms with Crippen molar-refractivity contribution in [3.63, 3.8) is 0 Å². The summed E-state index contributed by atoms with van der Waals surface area (Å²) in [5.74, 6) is -4.89. The molecule has 1 aliphatic rings. The fraction of sp³-hybridized carbons (Fsp3) is 0.292. The second-order valence-electron chi connectivity index (χ2n) is 8.50. The number of fused-ring (bicyclic) bond motifs is 1. The number of aryl methyl sites for hydroxylation is 1. The number of halogens is 5. The van der Waals surface area contributed by atoms with Crippen LogP contribution in [0.2, 0.25) is 0 Å². The molecule has 5 rings (SSSR count). The van der Waals surface area contributed by atoms with E-state index in [1.807, 2.05) is 18.2 Å². The second kappa shape index (κ2) is 8.47. The van der Waals surface area contributed by atoms with Crippen LogP contribution in [-0.4, -0.2) is 37.4 Å². The SMILES string of the molecule is Cn1nc(-c2cc(C(F)(F)F)c(F)c(O)c2F)c2cnc(N3CCC[C@H]3Cc3ccccc3)nc21. The van der Waals surface area contributed by atoms with Crippen LogP contribution < -0.4 is 4.90 Å². The van der Waals surface area contributed by atoms with Gasteiger partial charge in [0.15, 0.2) is 23.0 Å². The molecule has 6 nitrogen and oxygen atoms in total. The maximum Gasteiger partial charge on any atom is 0.419 e. The molecule has 0 bridgehead atoms. The highest BCUT2D eigenvalue weighted by Crippen LogP contribution is 2.41.